The number of amides is 1. The number of hydrogen-bond acceptors (Lipinski definition) is 2. The molecule has 2 aromatic rings. The Labute approximate surface area is 127 Å². The Kier molecular flexibility index (Phi) is 4.66. The Balaban J connectivity index is 1.96. The van der Waals surface area contributed by atoms with Crippen LogP contribution in [0.4, 0.5) is 0 Å². The predicted octanol–water partition coefficient (Wildman–Crippen LogP) is 3.48. The van der Waals surface area contributed by atoms with Gasteiger partial charge < -0.3 is 15.0 Å². The van der Waals surface area contributed by atoms with Gasteiger partial charge in [0, 0.05) is 6.54 Å². The topological polar surface area (TPSA) is 54.1 Å². The molecule has 1 aromatic heterocycles. The van der Waals surface area contributed by atoms with E-state index in [9.17, 15) is 4.79 Å². The Morgan fingerprint density at radius 2 is 2.00 bits per heavy atom. The molecule has 19 heavy (non-hydrogen) atoms. The molecule has 2 N–H and O–H groups in total. The number of benzene rings is 1. The number of aromatic amines is 1. The Morgan fingerprint density at radius 1 is 1.32 bits per heavy atom. The van der Waals surface area contributed by atoms with Crippen molar-refractivity contribution < 1.29 is 9.53 Å². The largest absolute Gasteiger partial charge is 0.497 e. The summed E-state index contributed by atoms with van der Waals surface area (Å²) < 4.78 is 6.65. The summed E-state index contributed by atoms with van der Waals surface area (Å²) in [5.74, 6) is 0.648. The number of H-pyrrole nitrogens is 1. The van der Waals surface area contributed by atoms with Crippen molar-refractivity contribution in [1.29, 1.82) is 0 Å². The van der Waals surface area contributed by atoms with Gasteiger partial charge in [0.1, 0.15) is 11.4 Å². The van der Waals surface area contributed by atoms with E-state index in [1.165, 1.54) is 0 Å². The molecule has 0 aliphatic heterocycles. The molecule has 0 spiro atoms. The van der Waals surface area contributed by atoms with Gasteiger partial charge in [0.05, 0.1) is 16.2 Å². The van der Waals surface area contributed by atoms with Crippen molar-refractivity contribution in [3.05, 3.63) is 50.7 Å². The van der Waals surface area contributed by atoms with Crippen LogP contribution in [0.25, 0.3) is 0 Å². The molecular formula is C13H12Br2N2O2. The Morgan fingerprint density at radius 3 is 2.53 bits per heavy atom. The van der Waals surface area contributed by atoms with Crippen LogP contribution in [0.3, 0.4) is 0 Å². The zero-order valence-electron chi connectivity index (χ0n) is 10.2. The van der Waals surface area contributed by atoms with Crippen molar-refractivity contribution >= 4 is 37.8 Å². The number of aromatic nitrogens is 1. The summed E-state index contributed by atoms with van der Waals surface area (Å²) in [6, 6.07) is 9.29. The number of halogens is 2. The third-order valence-electron chi connectivity index (χ3n) is 2.58. The summed E-state index contributed by atoms with van der Waals surface area (Å²) in [6.07, 6.45) is 0. The van der Waals surface area contributed by atoms with Gasteiger partial charge in [-0.25, -0.2) is 0 Å². The molecule has 0 atom stereocenters. The van der Waals surface area contributed by atoms with Crippen LogP contribution < -0.4 is 10.1 Å². The van der Waals surface area contributed by atoms with Gasteiger partial charge in [-0.05, 0) is 55.6 Å². The van der Waals surface area contributed by atoms with E-state index >= 15 is 0 Å². The summed E-state index contributed by atoms with van der Waals surface area (Å²) in [5.41, 5.74) is 1.52. The minimum Gasteiger partial charge on any atom is -0.497 e. The van der Waals surface area contributed by atoms with Crippen LogP contribution in [0.5, 0.6) is 5.75 Å². The number of carbonyl (C=O) groups excluding carboxylic acids is 1. The monoisotopic (exact) mass is 386 g/mol. The number of rotatable bonds is 4. The summed E-state index contributed by atoms with van der Waals surface area (Å²) in [7, 11) is 1.62. The van der Waals surface area contributed by atoms with Crippen LogP contribution >= 0.6 is 31.9 Å². The third kappa shape index (κ3) is 3.61. The fourth-order valence-electron chi connectivity index (χ4n) is 1.55. The highest BCUT2D eigenvalue weighted by Gasteiger charge is 2.10. The van der Waals surface area contributed by atoms with E-state index in [0.29, 0.717) is 12.2 Å². The van der Waals surface area contributed by atoms with Crippen LogP contribution in [0.2, 0.25) is 0 Å². The summed E-state index contributed by atoms with van der Waals surface area (Å²) >= 11 is 6.62. The summed E-state index contributed by atoms with van der Waals surface area (Å²) in [6.45, 7) is 0.469. The Bertz CT molecular complexity index is 559. The molecule has 0 fully saturated rings. The van der Waals surface area contributed by atoms with Crippen molar-refractivity contribution in [2.24, 2.45) is 0 Å². The number of methoxy groups -OCH3 is 1. The van der Waals surface area contributed by atoms with E-state index in [2.05, 4.69) is 42.2 Å². The van der Waals surface area contributed by atoms with Crippen molar-refractivity contribution in [3.63, 3.8) is 0 Å². The second-order valence-electron chi connectivity index (χ2n) is 3.88. The highest BCUT2D eigenvalue weighted by atomic mass is 79.9. The van der Waals surface area contributed by atoms with Gasteiger partial charge in [-0.1, -0.05) is 12.1 Å². The molecule has 0 saturated carbocycles. The molecule has 1 heterocycles. The Hall–Kier alpha value is -1.27. The van der Waals surface area contributed by atoms with Gasteiger partial charge in [-0.15, -0.1) is 0 Å². The van der Waals surface area contributed by atoms with Crippen molar-refractivity contribution in [2.75, 3.05) is 7.11 Å². The molecular weight excluding hydrogens is 376 g/mol. The van der Waals surface area contributed by atoms with Gasteiger partial charge in [-0.3, -0.25) is 4.79 Å². The normalized spacial score (nSPS) is 10.3. The molecule has 2 rings (SSSR count). The van der Waals surface area contributed by atoms with E-state index in [0.717, 1.165) is 20.4 Å². The van der Waals surface area contributed by atoms with Crippen molar-refractivity contribution in [3.8, 4) is 5.75 Å². The maximum Gasteiger partial charge on any atom is 0.268 e. The van der Waals surface area contributed by atoms with Crippen LogP contribution in [0, 0.1) is 0 Å². The zero-order chi connectivity index (χ0) is 13.8. The minimum absolute atomic E-state index is 0.151. The van der Waals surface area contributed by atoms with Crippen LogP contribution in [0.1, 0.15) is 16.1 Å². The van der Waals surface area contributed by atoms with Gasteiger partial charge >= 0.3 is 0 Å². The lowest BCUT2D eigenvalue weighted by Gasteiger charge is -2.05. The molecule has 0 aliphatic rings. The van der Waals surface area contributed by atoms with Gasteiger partial charge in [-0.2, -0.15) is 0 Å². The van der Waals surface area contributed by atoms with E-state index in [1.807, 2.05) is 24.3 Å². The lowest BCUT2D eigenvalue weighted by atomic mass is 10.2. The van der Waals surface area contributed by atoms with Crippen LogP contribution in [0.15, 0.2) is 39.4 Å². The maximum atomic E-state index is 11.9. The molecule has 0 aliphatic carbocycles. The SMILES string of the molecule is COc1ccc(CNC(=O)c2cc(Br)c(Br)[nH]2)cc1. The highest BCUT2D eigenvalue weighted by molar-refractivity contribution is 9.13. The standard InChI is InChI=1S/C13H12Br2N2O2/c1-19-9-4-2-8(3-5-9)7-16-13(18)11-6-10(14)12(15)17-11/h2-6,17H,7H2,1H3,(H,16,18). The first-order chi connectivity index (χ1) is 9.10. The quantitative estimate of drug-likeness (QED) is 0.843. The fourth-order valence-corrected chi connectivity index (χ4v) is 2.20. The molecule has 0 bridgehead atoms. The summed E-state index contributed by atoms with van der Waals surface area (Å²) in [5, 5.41) is 2.84. The average molecular weight is 388 g/mol. The molecule has 6 heteroatoms. The van der Waals surface area contributed by atoms with Crippen molar-refractivity contribution in [1.82, 2.24) is 10.3 Å². The van der Waals surface area contributed by atoms with Gasteiger partial charge in [0.2, 0.25) is 0 Å². The van der Waals surface area contributed by atoms with Gasteiger partial charge in [0.15, 0.2) is 0 Å². The summed E-state index contributed by atoms with van der Waals surface area (Å²) in [4.78, 5) is 14.8. The van der Waals surface area contributed by atoms with Crippen molar-refractivity contribution in [2.45, 2.75) is 6.54 Å². The second kappa shape index (κ2) is 6.25. The molecule has 0 radical (unpaired) electrons. The first-order valence-corrected chi connectivity index (χ1v) is 7.14. The predicted molar refractivity (Wildman–Crippen MR) is 80.4 cm³/mol. The lowest BCUT2D eigenvalue weighted by molar-refractivity contribution is 0.0946. The molecule has 100 valence electrons. The van der Waals surface area contributed by atoms with Crippen LogP contribution in [-0.4, -0.2) is 18.0 Å². The fraction of sp³-hybridized carbons (Fsp3) is 0.154. The molecule has 4 nitrogen and oxygen atoms in total. The third-order valence-corrected chi connectivity index (χ3v) is 4.36. The number of hydrogen-bond donors (Lipinski definition) is 2. The first kappa shape index (κ1) is 14.1. The molecule has 1 aromatic carbocycles. The van der Waals surface area contributed by atoms with E-state index in [1.54, 1.807) is 13.2 Å². The number of carbonyl (C=O) groups is 1. The number of ether oxygens (including phenoxy) is 1. The molecule has 0 saturated heterocycles. The maximum absolute atomic E-state index is 11.9. The zero-order valence-corrected chi connectivity index (χ0v) is 13.3. The van der Waals surface area contributed by atoms with E-state index < -0.39 is 0 Å². The molecule has 0 unspecified atom stereocenters. The molecule has 1 amide bonds. The highest BCUT2D eigenvalue weighted by Crippen LogP contribution is 2.23. The van der Waals surface area contributed by atoms with E-state index in [-0.39, 0.29) is 5.91 Å². The van der Waals surface area contributed by atoms with Gasteiger partial charge in [0.25, 0.3) is 5.91 Å². The smallest absolute Gasteiger partial charge is 0.268 e. The first-order valence-electron chi connectivity index (χ1n) is 5.55. The minimum atomic E-state index is -0.151. The number of nitrogens with one attached hydrogen (secondary N) is 2. The van der Waals surface area contributed by atoms with E-state index in [4.69, 9.17) is 4.74 Å². The lowest BCUT2D eigenvalue weighted by Crippen LogP contribution is -2.23. The average Bonchev–Trinajstić information content (AvgIpc) is 2.77. The van der Waals surface area contributed by atoms with Crippen LogP contribution in [-0.2, 0) is 6.54 Å². The second-order valence-corrected chi connectivity index (χ2v) is 5.52.